The number of hydrogen-bond acceptors (Lipinski definition) is 4. The lowest BCUT2D eigenvalue weighted by molar-refractivity contribution is 0.170. The van der Waals surface area contributed by atoms with E-state index in [1.165, 1.54) is 0 Å². The Morgan fingerprint density at radius 3 is 2.71 bits per heavy atom. The largest absolute Gasteiger partial charge is 0.497 e. The maximum absolute atomic E-state index is 11.3. The zero-order chi connectivity index (χ0) is 17.1. The second-order valence-electron chi connectivity index (χ2n) is 5.81. The molecule has 0 fully saturated rings. The molecule has 0 bridgehead atoms. The average Bonchev–Trinajstić information content (AvgIpc) is 2.98. The van der Waals surface area contributed by atoms with Gasteiger partial charge in [-0.15, -0.1) is 0 Å². The molecule has 0 aliphatic rings. The molecule has 2 unspecified atom stereocenters. The highest BCUT2D eigenvalue weighted by Gasteiger charge is 2.12. The van der Waals surface area contributed by atoms with E-state index in [0.717, 1.165) is 27.9 Å². The average molecular weight is 327 g/mol. The number of benzene rings is 2. The van der Waals surface area contributed by atoms with Crippen LogP contribution >= 0.6 is 0 Å². The van der Waals surface area contributed by atoms with E-state index in [2.05, 4.69) is 15.3 Å². The normalized spacial score (nSPS) is 13.8. The minimum atomic E-state index is -0.627. The third-order valence-corrected chi connectivity index (χ3v) is 4.14. The molecule has 0 spiro atoms. The SMILES string of the molecule is COc1cccc(C(O)CNC(C)c2ccc3[nH]c(=O)[nH]c3c2)c1. The molecule has 3 rings (SSSR count). The van der Waals surface area contributed by atoms with Crippen molar-refractivity contribution in [3.63, 3.8) is 0 Å². The molecular weight excluding hydrogens is 306 g/mol. The molecule has 6 heteroatoms. The lowest BCUT2D eigenvalue weighted by Crippen LogP contribution is -2.24. The van der Waals surface area contributed by atoms with Crippen molar-refractivity contribution in [1.29, 1.82) is 0 Å². The molecule has 1 aromatic heterocycles. The van der Waals surface area contributed by atoms with E-state index in [1.807, 2.05) is 49.4 Å². The van der Waals surface area contributed by atoms with Crippen LogP contribution in [0.1, 0.15) is 30.2 Å². The number of fused-ring (bicyclic) bond motifs is 1. The summed E-state index contributed by atoms with van der Waals surface area (Å²) in [7, 11) is 1.60. The quantitative estimate of drug-likeness (QED) is 0.559. The first-order chi connectivity index (χ1) is 11.6. The number of ether oxygens (including phenoxy) is 1. The molecule has 4 N–H and O–H groups in total. The van der Waals surface area contributed by atoms with Gasteiger partial charge in [0.2, 0.25) is 0 Å². The Balaban J connectivity index is 1.66. The number of methoxy groups -OCH3 is 1. The van der Waals surface area contributed by atoms with E-state index in [0.29, 0.717) is 6.54 Å². The summed E-state index contributed by atoms with van der Waals surface area (Å²) in [5, 5.41) is 13.7. The molecule has 0 amide bonds. The number of aromatic nitrogens is 2. The van der Waals surface area contributed by atoms with Crippen LogP contribution in [0.3, 0.4) is 0 Å². The van der Waals surface area contributed by atoms with Crippen LogP contribution in [-0.4, -0.2) is 28.7 Å². The van der Waals surface area contributed by atoms with Crippen LogP contribution in [0, 0.1) is 0 Å². The number of nitrogens with one attached hydrogen (secondary N) is 3. The third kappa shape index (κ3) is 3.50. The smallest absolute Gasteiger partial charge is 0.323 e. The van der Waals surface area contributed by atoms with Crippen molar-refractivity contribution in [3.8, 4) is 5.75 Å². The highest BCUT2D eigenvalue weighted by molar-refractivity contribution is 5.75. The summed E-state index contributed by atoms with van der Waals surface area (Å²) >= 11 is 0. The second kappa shape index (κ2) is 6.90. The third-order valence-electron chi connectivity index (χ3n) is 4.14. The Bertz CT molecular complexity index is 884. The summed E-state index contributed by atoms with van der Waals surface area (Å²) < 4.78 is 5.18. The summed E-state index contributed by atoms with van der Waals surface area (Å²) in [4.78, 5) is 16.8. The summed E-state index contributed by atoms with van der Waals surface area (Å²) in [5.41, 5.74) is 3.19. The van der Waals surface area contributed by atoms with Crippen molar-refractivity contribution in [2.24, 2.45) is 0 Å². The Morgan fingerprint density at radius 1 is 1.12 bits per heavy atom. The first kappa shape index (κ1) is 16.3. The lowest BCUT2D eigenvalue weighted by Gasteiger charge is -2.18. The van der Waals surface area contributed by atoms with Gasteiger partial charge in [0.15, 0.2) is 0 Å². The number of rotatable bonds is 6. The van der Waals surface area contributed by atoms with Crippen molar-refractivity contribution in [2.75, 3.05) is 13.7 Å². The highest BCUT2D eigenvalue weighted by Crippen LogP contribution is 2.21. The van der Waals surface area contributed by atoms with Crippen molar-refractivity contribution in [2.45, 2.75) is 19.1 Å². The minimum absolute atomic E-state index is 0.0352. The maximum atomic E-state index is 11.3. The number of hydrogen-bond donors (Lipinski definition) is 4. The Morgan fingerprint density at radius 2 is 1.92 bits per heavy atom. The molecule has 0 radical (unpaired) electrons. The van der Waals surface area contributed by atoms with Gasteiger partial charge in [-0.1, -0.05) is 18.2 Å². The van der Waals surface area contributed by atoms with Crippen LogP contribution in [0.2, 0.25) is 0 Å². The van der Waals surface area contributed by atoms with Gasteiger partial charge in [0, 0.05) is 12.6 Å². The van der Waals surface area contributed by atoms with Crippen LogP contribution in [0.25, 0.3) is 11.0 Å². The second-order valence-corrected chi connectivity index (χ2v) is 5.81. The molecule has 24 heavy (non-hydrogen) atoms. The van der Waals surface area contributed by atoms with Gasteiger partial charge in [0.05, 0.1) is 24.2 Å². The number of imidazole rings is 1. The maximum Gasteiger partial charge on any atom is 0.323 e. The molecule has 0 aliphatic heterocycles. The zero-order valence-corrected chi connectivity index (χ0v) is 13.7. The first-order valence-electron chi connectivity index (χ1n) is 7.84. The Labute approximate surface area is 139 Å². The predicted octanol–water partition coefficient (Wildman–Crippen LogP) is 2.25. The van der Waals surface area contributed by atoms with Crippen LogP contribution < -0.4 is 15.7 Å². The Kier molecular flexibility index (Phi) is 4.69. The van der Waals surface area contributed by atoms with E-state index in [4.69, 9.17) is 4.74 Å². The van der Waals surface area contributed by atoms with E-state index >= 15 is 0 Å². The molecule has 6 nitrogen and oxygen atoms in total. The molecular formula is C18H21N3O3. The number of H-pyrrole nitrogens is 2. The lowest BCUT2D eigenvalue weighted by atomic mass is 10.1. The summed E-state index contributed by atoms with van der Waals surface area (Å²) in [5.74, 6) is 0.724. The standard InChI is InChI=1S/C18H21N3O3/c1-11(12-6-7-15-16(9-12)21-18(23)20-15)19-10-17(22)13-4-3-5-14(8-13)24-2/h3-9,11,17,19,22H,10H2,1-2H3,(H2,20,21,23). The van der Waals surface area contributed by atoms with Gasteiger partial charge in [0.25, 0.3) is 0 Å². The van der Waals surface area contributed by atoms with Crippen LogP contribution in [0.15, 0.2) is 47.3 Å². The molecule has 0 saturated carbocycles. The zero-order valence-electron chi connectivity index (χ0n) is 13.7. The van der Waals surface area contributed by atoms with Gasteiger partial charge in [-0.05, 0) is 42.3 Å². The van der Waals surface area contributed by atoms with Gasteiger partial charge in [-0.2, -0.15) is 0 Å². The number of aliphatic hydroxyl groups is 1. The van der Waals surface area contributed by atoms with E-state index in [9.17, 15) is 9.90 Å². The van der Waals surface area contributed by atoms with Gasteiger partial charge in [-0.25, -0.2) is 4.79 Å². The van der Waals surface area contributed by atoms with Gasteiger partial charge >= 0.3 is 5.69 Å². The predicted molar refractivity (Wildman–Crippen MR) is 93.3 cm³/mol. The molecule has 2 atom stereocenters. The van der Waals surface area contributed by atoms with Gasteiger partial charge < -0.3 is 25.1 Å². The molecule has 1 heterocycles. The minimum Gasteiger partial charge on any atom is -0.497 e. The van der Waals surface area contributed by atoms with Gasteiger partial charge in [0.1, 0.15) is 5.75 Å². The van der Waals surface area contributed by atoms with E-state index in [-0.39, 0.29) is 11.7 Å². The van der Waals surface area contributed by atoms with Crippen molar-refractivity contribution < 1.29 is 9.84 Å². The molecule has 0 aliphatic carbocycles. The number of aliphatic hydroxyl groups excluding tert-OH is 1. The summed E-state index contributed by atoms with van der Waals surface area (Å²) in [6.45, 7) is 2.43. The fourth-order valence-electron chi connectivity index (χ4n) is 2.69. The monoisotopic (exact) mass is 327 g/mol. The first-order valence-corrected chi connectivity index (χ1v) is 7.84. The number of aromatic amines is 2. The molecule has 3 aromatic rings. The van der Waals surface area contributed by atoms with Crippen molar-refractivity contribution >= 4 is 11.0 Å². The fourth-order valence-corrected chi connectivity index (χ4v) is 2.69. The highest BCUT2D eigenvalue weighted by atomic mass is 16.5. The summed E-state index contributed by atoms with van der Waals surface area (Å²) in [6.07, 6.45) is -0.627. The summed E-state index contributed by atoms with van der Waals surface area (Å²) in [6, 6.07) is 13.2. The Hall–Kier alpha value is -2.57. The molecule has 2 aromatic carbocycles. The van der Waals surface area contributed by atoms with Gasteiger partial charge in [-0.3, -0.25) is 0 Å². The van der Waals surface area contributed by atoms with Crippen LogP contribution in [-0.2, 0) is 0 Å². The molecule has 126 valence electrons. The van der Waals surface area contributed by atoms with Crippen LogP contribution in [0.4, 0.5) is 0 Å². The van der Waals surface area contributed by atoms with E-state index in [1.54, 1.807) is 7.11 Å². The molecule has 0 saturated heterocycles. The van der Waals surface area contributed by atoms with Crippen LogP contribution in [0.5, 0.6) is 5.75 Å². The van der Waals surface area contributed by atoms with E-state index < -0.39 is 6.10 Å². The van der Waals surface area contributed by atoms with Crippen molar-refractivity contribution in [1.82, 2.24) is 15.3 Å². The topological polar surface area (TPSA) is 90.1 Å². The fraction of sp³-hybridized carbons (Fsp3) is 0.278. The van der Waals surface area contributed by atoms with Crippen molar-refractivity contribution in [3.05, 3.63) is 64.1 Å².